The fourth-order valence-electron chi connectivity index (χ4n) is 1.82. The average Bonchev–Trinajstić information content (AvgIpc) is 2.48. The summed E-state index contributed by atoms with van der Waals surface area (Å²) >= 11 is 0. The molecule has 0 aliphatic carbocycles. The van der Waals surface area contributed by atoms with Gasteiger partial charge in [0.15, 0.2) is 6.29 Å². The molecule has 0 bridgehead atoms. The molecule has 1 aromatic carbocycles. The summed E-state index contributed by atoms with van der Waals surface area (Å²) in [5.41, 5.74) is 1.06. The summed E-state index contributed by atoms with van der Waals surface area (Å²) in [5, 5.41) is 4.16. The summed E-state index contributed by atoms with van der Waals surface area (Å²) in [5.74, 6) is 0.743. The maximum absolute atomic E-state index is 11.6. The van der Waals surface area contributed by atoms with Crippen LogP contribution in [0.4, 0.5) is 0 Å². The zero-order chi connectivity index (χ0) is 14.5. The van der Waals surface area contributed by atoms with E-state index >= 15 is 0 Å². The number of nitrogens with zero attached hydrogens (tertiary/aromatic N) is 2. The van der Waals surface area contributed by atoms with Crippen molar-refractivity contribution in [1.29, 1.82) is 0 Å². The second kappa shape index (κ2) is 6.14. The van der Waals surface area contributed by atoms with Crippen molar-refractivity contribution < 1.29 is 9.53 Å². The van der Waals surface area contributed by atoms with Crippen molar-refractivity contribution in [2.75, 3.05) is 6.61 Å². The number of benzene rings is 1. The highest BCUT2D eigenvalue weighted by atomic mass is 16.5. The summed E-state index contributed by atoms with van der Waals surface area (Å²) in [6, 6.07) is 8.92. The Hall–Kier alpha value is -2.43. The number of carbonyl (C=O) groups is 1. The number of hydrogen-bond acceptors (Lipinski definition) is 4. The van der Waals surface area contributed by atoms with Crippen LogP contribution in [-0.2, 0) is 7.05 Å². The van der Waals surface area contributed by atoms with Gasteiger partial charge in [0.1, 0.15) is 5.75 Å². The predicted octanol–water partition coefficient (Wildman–Crippen LogP) is 2.05. The van der Waals surface area contributed by atoms with Gasteiger partial charge >= 0.3 is 0 Å². The van der Waals surface area contributed by atoms with E-state index in [-0.39, 0.29) is 5.56 Å². The Morgan fingerprint density at radius 1 is 1.35 bits per heavy atom. The summed E-state index contributed by atoms with van der Waals surface area (Å²) in [4.78, 5) is 22.5. The number of aryl methyl sites for hydroxylation is 1. The SMILES string of the molecule is CCCOc1cccc(-c2cc(C=O)c(=O)n(C)n2)c1. The first-order valence-corrected chi connectivity index (χ1v) is 6.42. The van der Waals surface area contributed by atoms with Gasteiger partial charge in [-0.25, -0.2) is 4.68 Å². The smallest absolute Gasteiger partial charge is 0.277 e. The Kier molecular flexibility index (Phi) is 4.30. The predicted molar refractivity (Wildman–Crippen MR) is 76.1 cm³/mol. The molecule has 0 saturated heterocycles. The van der Waals surface area contributed by atoms with E-state index in [0.29, 0.717) is 18.6 Å². The van der Waals surface area contributed by atoms with Crippen LogP contribution in [0.15, 0.2) is 35.1 Å². The van der Waals surface area contributed by atoms with Gasteiger partial charge in [0.05, 0.1) is 17.9 Å². The molecule has 0 fully saturated rings. The largest absolute Gasteiger partial charge is 0.494 e. The van der Waals surface area contributed by atoms with Crippen molar-refractivity contribution in [3.8, 4) is 17.0 Å². The summed E-state index contributed by atoms with van der Waals surface area (Å²) in [6.07, 6.45) is 1.47. The van der Waals surface area contributed by atoms with Gasteiger partial charge < -0.3 is 4.74 Å². The zero-order valence-electron chi connectivity index (χ0n) is 11.5. The molecule has 0 saturated carbocycles. The minimum Gasteiger partial charge on any atom is -0.494 e. The Morgan fingerprint density at radius 3 is 2.85 bits per heavy atom. The first-order chi connectivity index (χ1) is 9.65. The number of aldehydes is 1. The summed E-state index contributed by atoms with van der Waals surface area (Å²) in [6.45, 7) is 2.68. The van der Waals surface area contributed by atoms with Gasteiger partial charge in [-0.3, -0.25) is 9.59 Å². The van der Waals surface area contributed by atoms with Crippen LogP contribution < -0.4 is 10.3 Å². The first kappa shape index (κ1) is 14.0. The van der Waals surface area contributed by atoms with E-state index in [1.165, 1.54) is 17.8 Å². The monoisotopic (exact) mass is 272 g/mol. The minimum atomic E-state index is -0.401. The third-order valence-corrected chi connectivity index (χ3v) is 2.82. The summed E-state index contributed by atoms with van der Waals surface area (Å²) in [7, 11) is 1.52. The lowest BCUT2D eigenvalue weighted by Gasteiger charge is -2.08. The van der Waals surface area contributed by atoms with E-state index in [4.69, 9.17) is 4.74 Å². The number of aromatic nitrogens is 2. The zero-order valence-corrected chi connectivity index (χ0v) is 11.5. The van der Waals surface area contributed by atoms with Crippen molar-refractivity contribution >= 4 is 6.29 Å². The van der Waals surface area contributed by atoms with Crippen LogP contribution in [0.1, 0.15) is 23.7 Å². The lowest BCUT2D eigenvalue weighted by Crippen LogP contribution is -2.23. The van der Waals surface area contributed by atoms with Crippen LogP contribution in [0.2, 0.25) is 0 Å². The molecule has 0 atom stereocenters. The van der Waals surface area contributed by atoms with Gasteiger partial charge in [-0.15, -0.1) is 0 Å². The van der Waals surface area contributed by atoms with Gasteiger partial charge in [0.2, 0.25) is 0 Å². The van der Waals surface area contributed by atoms with Crippen molar-refractivity contribution in [3.63, 3.8) is 0 Å². The van der Waals surface area contributed by atoms with Crippen LogP contribution in [-0.4, -0.2) is 22.7 Å². The van der Waals surface area contributed by atoms with E-state index < -0.39 is 5.56 Å². The quantitative estimate of drug-likeness (QED) is 0.781. The second-order valence-corrected chi connectivity index (χ2v) is 4.41. The van der Waals surface area contributed by atoms with E-state index in [2.05, 4.69) is 5.10 Å². The van der Waals surface area contributed by atoms with E-state index in [0.717, 1.165) is 17.7 Å². The fourth-order valence-corrected chi connectivity index (χ4v) is 1.82. The molecule has 5 nitrogen and oxygen atoms in total. The lowest BCUT2D eigenvalue weighted by molar-refractivity contribution is 0.112. The molecular formula is C15H16N2O3. The first-order valence-electron chi connectivity index (χ1n) is 6.42. The Balaban J connectivity index is 2.43. The number of ether oxygens (including phenoxy) is 1. The maximum Gasteiger partial charge on any atom is 0.277 e. The Bertz CT molecular complexity index is 677. The van der Waals surface area contributed by atoms with Gasteiger partial charge in [0, 0.05) is 12.6 Å². The van der Waals surface area contributed by atoms with Crippen molar-refractivity contribution in [1.82, 2.24) is 9.78 Å². The van der Waals surface area contributed by atoms with Gasteiger partial charge in [-0.05, 0) is 24.6 Å². The Morgan fingerprint density at radius 2 is 2.15 bits per heavy atom. The number of rotatable bonds is 5. The molecule has 0 unspecified atom stereocenters. The molecule has 0 amide bonds. The number of hydrogen-bond donors (Lipinski definition) is 0. The normalized spacial score (nSPS) is 10.3. The van der Waals surface area contributed by atoms with Crippen molar-refractivity contribution in [3.05, 3.63) is 46.2 Å². The molecule has 2 rings (SSSR count). The van der Waals surface area contributed by atoms with Crippen LogP contribution in [0.5, 0.6) is 5.75 Å². The molecule has 0 aliphatic rings. The molecule has 0 spiro atoms. The van der Waals surface area contributed by atoms with E-state index in [1.807, 2.05) is 31.2 Å². The van der Waals surface area contributed by atoms with Crippen LogP contribution in [0.25, 0.3) is 11.3 Å². The molecule has 1 aromatic heterocycles. The number of carbonyl (C=O) groups excluding carboxylic acids is 1. The van der Waals surface area contributed by atoms with Gasteiger partial charge in [-0.1, -0.05) is 19.1 Å². The van der Waals surface area contributed by atoms with Crippen LogP contribution in [0.3, 0.4) is 0 Å². The van der Waals surface area contributed by atoms with Crippen LogP contribution in [0, 0.1) is 0 Å². The minimum absolute atomic E-state index is 0.0948. The average molecular weight is 272 g/mol. The molecule has 5 heteroatoms. The molecule has 0 N–H and O–H groups in total. The highest BCUT2D eigenvalue weighted by molar-refractivity contribution is 5.77. The highest BCUT2D eigenvalue weighted by Gasteiger charge is 2.08. The highest BCUT2D eigenvalue weighted by Crippen LogP contribution is 2.22. The van der Waals surface area contributed by atoms with Crippen LogP contribution >= 0.6 is 0 Å². The maximum atomic E-state index is 11.6. The second-order valence-electron chi connectivity index (χ2n) is 4.41. The van der Waals surface area contributed by atoms with Gasteiger partial charge in [-0.2, -0.15) is 5.10 Å². The molecule has 20 heavy (non-hydrogen) atoms. The van der Waals surface area contributed by atoms with Gasteiger partial charge in [0.25, 0.3) is 5.56 Å². The summed E-state index contributed by atoms with van der Waals surface area (Å²) < 4.78 is 6.73. The molecule has 2 aromatic rings. The van der Waals surface area contributed by atoms with Crippen molar-refractivity contribution in [2.45, 2.75) is 13.3 Å². The molecule has 0 aliphatic heterocycles. The fraction of sp³-hybridized carbons (Fsp3) is 0.267. The van der Waals surface area contributed by atoms with E-state index in [9.17, 15) is 9.59 Å². The third kappa shape index (κ3) is 2.93. The molecule has 0 radical (unpaired) electrons. The molecule has 104 valence electrons. The van der Waals surface area contributed by atoms with E-state index in [1.54, 1.807) is 0 Å². The topological polar surface area (TPSA) is 61.2 Å². The standard InChI is InChI=1S/C15H16N2O3/c1-3-7-20-13-6-4-5-11(8-13)14-9-12(10-18)15(19)17(2)16-14/h4-6,8-10H,3,7H2,1-2H3. The lowest BCUT2D eigenvalue weighted by atomic mass is 10.1. The van der Waals surface area contributed by atoms with Crippen molar-refractivity contribution in [2.24, 2.45) is 7.05 Å². The molecular weight excluding hydrogens is 256 g/mol. The third-order valence-electron chi connectivity index (χ3n) is 2.82. The Labute approximate surface area is 116 Å². The molecule has 1 heterocycles.